The number of nitrogens with zero attached hydrogens (tertiary/aromatic N) is 4. The summed E-state index contributed by atoms with van der Waals surface area (Å²) in [4.78, 5) is 35.7. The molecule has 3 atom stereocenters. The first-order valence-corrected chi connectivity index (χ1v) is 16.2. The fraction of sp³-hybridized carbons (Fsp3) is 0.469. The van der Waals surface area contributed by atoms with E-state index in [1.165, 1.54) is 48.0 Å². The zero-order valence-corrected chi connectivity index (χ0v) is 27.1. The van der Waals surface area contributed by atoms with Gasteiger partial charge in [0, 0.05) is 36.9 Å². The number of aryl methyl sites for hydroxylation is 1. The van der Waals surface area contributed by atoms with Gasteiger partial charge in [0.05, 0.1) is 43.1 Å². The van der Waals surface area contributed by atoms with Crippen LogP contribution in [0.3, 0.4) is 0 Å². The summed E-state index contributed by atoms with van der Waals surface area (Å²) in [6.45, 7) is 6.41. The molecule has 1 amide bonds. The van der Waals surface area contributed by atoms with Crippen LogP contribution in [0.25, 0.3) is 11.3 Å². The number of nitro benzene ring substituents is 1. The number of halogens is 1. The number of nitro groups is 1. The highest BCUT2D eigenvalue weighted by Gasteiger charge is 2.42. The molecule has 46 heavy (non-hydrogen) atoms. The molecule has 0 radical (unpaired) electrons. The van der Waals surface area contributed by atoms with Gasteiger partial charge in [0.1, 0.15) is 28.4 Å². The Morgan fingerprint density at radius 2 is 1.87 bits per heavy atom. The molecule has 2 heterocycles. The third kappa shape index (κ3) is 8.83. The van der Waals surface area contributed by atoms with Crippen molar-refractivity contribution in [1.82, 2.24) is 14.9 Å². The summed E-state index contributed by atoms with van der Waals surface area (Å²) in [5.41, 5.74) is 0.291. The van der Waals surface area contributed by atoms with Gasteiger partial charge in [-0.3, -0.25) is 14.9 Å². The van der Waals surface area contributed by atoms with Crippen molar-refractivity contribution in [2.45, 2.75) is 57.6 Å². The first-order chi connectivity index (χ1) is 22.1. The van der Waals surface area contributed by atoms with Gasteiger partial charge in [0.15, 0.2) is 0 Å². The van der Waals surface area contributed by atoms with Gasteiger partial charge in [0.2, 0.25) is 11.6 Å². The smallest absolute Gasteiger partial charge is 0.323 e. The van der Waals surface area contributed by atoms with E-state index in [9.17, 15) is 24.4 Å². The van der Waals surface area contributed by atoms with Crippen molar-refractivity contribution in [1.29, 1.82) is 0 Å². The average molecular weight is 659 g/mol. The summed E-state index contributed by atoms with van der Waals surface area (Å²) in [5.74, 6) is 0.794. The standard InChI is InChI=1S/C32H39FN4O8S/c1-5-43-32(46-6-2)27-15-23(38)19-36(27)31(39)25-16-24(42-4)17-28(30(25)37(40)41)44-13-7-8-14-45-29-18-26(34-20(3)35-29)21-9-11-22(33)12-10-21/h9-12,16-18,23,27,32,38H,5-8,13-15,19H2,1-4H3/t23-,27?,32?/m1/s1. The van der Waals surface area contributed by atoms with Crippen LogP contribution >= 0.6 is 11.8 Å². The molecular formula is C32H39FN4O8S. The van der Waals surface area contributed by atoms with Crippen molar-refractivity contribution in [2.24, 2.45) is 0 Å². The lowest BCUT2D eigenvalue weighted by Crippen LogP contribution is -2.43. The second kappa shape index (κ2) is 16.5. The minimum absolute atomic E-state index is 0.0269. The predicted octanol–water partition coefficient (Wildman–Crippen LogP) is 5.44. The summed E-state index contributed by atoms with van der Waals surface area (Å²) in [6, 6.07) is 9.90. The van der Waals surface area contributed by atoms with Crippen molar-refractivity contribution in [3.63, 3.8) is 0 Å². The molecule has 14 heteroatoms. The Bertz CT molecular complexity index is 1490. The summed E-state index contributed by atoms with van der Waals surface area (Å²) in [5, 5.41) is 22.8. The largest absolute Gasteiger partial charge is 0.497 e. The van der Waals surface area contributed by atoms with E-state index < -0.39 is 28.7 Å². The summed E-state index contributed by atoms with van der Waals surface area (Å²) < 4.78 is 36.2. The number of aliphatic hydroxyl groups is 1. The van der Waals surface area contributed by atoms with Crippen molar-refractivity contribution < 1.29 is 38.2 Å². The van der Waals surface area contributed by atoms with Crippen molar-refractivity contribution in [3.8, 4) is 28.6 Å². The molecule has 2 aromatic carbocycles. The lowest BCUT2D eigenvalue weighted by Gasteiger charge is -2.30. The molecule has 1 aliphatic heterocycles. The van der Waals surface area contributed by atoms with Crippen molar-refractivity contribution in [2.75, 3.05) is 39.2 Å². The number of thioether (sulfide) groups is 1. The van der Waals surface area contributed by atoms with Crippen molar-refractivity contribution in [3.05, 3.63) is 69.8 Å². The Balaban J connectivity index is 1.43. The van der Waals surface area contributed by atoms with Crippen LogP contribution in [0.4, 0.5) is 10.1 Å². The molecule has 0 aliphatic carbocycles. The summed E-state index contributed by atoms with van der Waals surface area (Å²) >= 11 is 1.51. The highest BCUT2D eigenvalue weighted by atomic mass is 32.2. The molecule has 0 spiro atoms. The van der Waals surface area contributed by atoms with E-state index in [0.717, 1.165) is 11.3 Å². The third-order valence-electron chi connectivity index (χ3n) is 7.26. The minimum atomic E-state index is -0.780. The van der Waals surface area contributed by atoms with Gasteiger partial charge >= 0.3 is 5.69 Å². The number of carbonyl (C=O) groups excluding carboxylic acids is 1. The number of aromatic nitrogens is 2. The van der Waals surface area contributed by atoms with Crippen LogP contribution in [0, 0.1) is 22.9 Å². The monoisotopic (exact) mass is 658 g/mol. The van der Waals surface area contributed by atoms with Crippen molar-refractivity contribution >= 4 is 23.4 Å². The van der Waals surface area contributed by atoms with E-state index in [2.05, 4.69) is 9.97 Å². The van der Waals surface area contributed by atoms with Gasteiger partial charge in [-0.05, 0) is 63.1 Å². The Labute approximate surface area is 271 Å². The maximum Gasteiger partial charge on any atom is 0.323 e. The fourth-order valence-electron chi connectivity index (χ4n) is 5.20. The molecule has 1 aromatic heterocycles. The first-order valence-electron chi connectivity index (χ1n) is 15.1. The van der Waals surface area contributed by atoms with Crippen LogP contribution in [0.2, 0.25) is 0 Å². The first kappa shape index (κ1) is 34.9. The van der Waals surface area contributed by atoms with Gasteiger partial charge in [0.25, 0.3) is 5.91 Å². The van der Waals surface area contributed by atoms with E-state index in [1.54, 1.807) is 25.1 Å². The summed E-state index contributed by atoms with van der Waals surface area (Å²) in [6.07, 6.45) is 0.545. The zero-order valence-electron chi connectivity index (χ0n) is 26.3. The van der Waals surface area contributed by atoms with Crippen LogP contribution in [-0.2, 0) is 4.74 Å². The van der Waals surface area contributed by atoms with E-state index in [1.807, 2.05) is 13.8 Å². The van der Waals surface area contributed by atoms with E-state index in [-0.39, 0.29) is 41.5 Å². The highest BCUT2D eigenvalue weighted by molar-refractivity contribution is 7.99. The van der Waals surface area contributed by atoms with Crippen LogP contribution in [0.15, 0.2) is 42.5 Å². The van der Waals surface area contributed by atoms with Gasteiger partial charge < -0.3 is 29.0 Å². The van der Waals surface area contributed by atoms with E-state index in [0.29, 0.717) is 49.9 Å². The number of amides is 1. The highest BCUT2D eigenvalue weighted by Crippen LogP contribution is 2.38. The summed E-state index contributed by atoms with van der Waals surface area (Å²) in [7, 11) is 1.40. The normalized spacial score (nSPS) is 16.7. The molecular weight excluding hydrogens is 619 g/mol. The van der Waals surface area contributed by atoms with Gasteiger partial charge in [-0.1, -0.05) is 6.92 Å². The number of benzene rings is 2. The molecule has 1 saturated heterocycles. The number of carbonyl (C=O) groups is 1. The SMILES string of the molecule is CCOC(SCC)C1C[C@@H](O)CN1C(=O)c1cc(OC)cc(OCCCCOc2cc(-c3ccc(F)cc3)nc(C)n2)c1[N+](=O)[O-]. The predicted molar refractivity (Wildman–Crippen MR) is 171 cm³/mol. The topological polar surface area (TPSA) is 146 Å². The van der Waals surface area contributed by atoms with E-state index in [4.69, 9.17) is 18.9 Å². The van der Waals surface area contributed by atoms with Crippen LogP contribution in [0.5, 0.6) is 17.4 Å². The molecule has 2 unspecified atom stereocenters. The number of hydrogen-bond donors (Lipinski definition) is 1. The number of likely N-dealkylation sites (tertiary alicyclic amines) is 1. The zero-order chi connectivity index (χ0) is 33.2. The van der Waals surface area contributed by atoms with Gasteiger partial charge in [-0.15, -0.1) is 11.8 Å². The number of unbranched alkanes of at least 4 members (excludes halogenated alkanes) is 1. The quantitative estimate of drug-likeness (QED) is 0.0909. The molecule has 248 valence electrons. The molecule has 1 fully saturated rings. The van der Waals surface area contributed by atoms with Crippen LogP contribution in [-0.4, -0.2) is 87.6 Å². The average Bonchev–Trinajstić information content (AvgIpc) is 3.43. The second-order valence-corrected chi connectivity index (χ2v) is 11.9. The lowest BCUT2D eigenvalue weighted by molar-refractivity contribution is -0.386. The number of ether oxygens (including phenoxy) is 4. The van der Waals surface area contributed by atoms with Gasteiger partial charge in [-0.25, -0.2) is 9.37 Å². The van der Waals surface area contributed by atoms with E-state index >= 15 is 0 Å². The number of hydrogen-bond acceptors (Lipinski definition) is 11. The molecule has 0 bridgehead atoms. The Morgan fingerprint density at radius 3 is 2.52 bits per heavy atom. The maximum atomic E-state index is 13.9. The number of methoxy groups -OCH3 is 1. The van der Waals surface area contributed by atoms with Crippen LogP contribution < -0.4 is 14.2 Å². The maximum absolute atomic E-state index is 13.9. The molecule has 12 nitrogen and oxygen atoms in total. The molecule has 4 rings (SSSR count). The van der Waals surface area contributed by atoms with Crippen LogP contribution in [0.1, 0.15) is 49.3 Å². The molecule has 1 aliphatic rings. The second-order valence-electron chi connectivity index (χ2n) is 10.5. The lowest BCUT2D eigenvalue weighted by atomic mass is 10.1. The molecule has 3 aromatic rings. The fourth-order valence-corrected chi connectivity index (χ4v) is 6.24. The molecule has 0 saturated carbocycles. The Kier molecular flexibility index (Phi) is 12.5. The molecule has 1 N–H and O–H groups in total. The number of β-amino-alcohol motifs (C(OH)–C–C–N with tert-alkyl or cyclic N) is 1. The Morgan fingerprint density at radius 1 is 1.15 bits per heavy atom. The number of rotatable bonds is 16. The number of aliphatic hydroxyl groups excluding tert-OH is 1. The minimum Gasteiger partial charge on any atom is -0.497 e. The Hall–Kier alpha value is -4.01. The third-order valence-corrected chi connectivity index (χ3v) is 8.37. The van der Waals surface area contributed by atoms with Gasteiger partial charge in [-0.2, -0.15) is 4.98 Å².